The van der Waals surface area contributed by atoms with Crippen LogP contribution in [0.1, 0.15) is 19.3 Å². The number of amides is 1. The third-order valence-electron chi connectivity index (χ3n) is 3.81. The van der Waals surface area contributed by atoms with Gasteiger partial charge in [-0.15, -0.1) is 0 Å². The van der Waals surface area contributed by atoms with E-state index in [9.17, 15) is 4.79 Å². The summed E-state index contributed by atoms with van der Waals surface area (Å²) in [7, 11) is 1.68. The zero-order valence-corrected chi connectivity index (χ0v) is 10.4. The van der Waals surface area contributed by atoms with Gasteiger partial charge in [-0.3, -0.25) is 4.79 Å². The molecule has 2 aliphatic heterocycles. The number of aliphatic hydroxyl groups is 1. The van der Waals surface area contributed by atoms with E-state index in [0.717, 1.165) is 32.4 Å². The van der Waals surface area contributed by atoms with E-state index in [-0.39, 0.29) is 30.6 Å². The van der Waals surface area contributed by atoms with Crippen molar-refractivity contribution >= 4 is 5.91 Å². The molecule has 2 rings (SSSR count). The number of nitrogens with zero attached hydrogens (tertiary/aromatic N) is 1. The molecule has 0 aromatic rings. The summed E-state index contributed by atoms with van der Waals surface area (Å²) in [5.41, 5.74) is 0. The Bertz CT molecular complexity index is 272. The van der Waals surface area contributed by atoms with Crippen LogP contribution >= 0.6 is 0 Å². The topological polar surface area (TPSA) is 61.8 Å². The molecule has 98 valence electrons. The molecule has 2 N–H and O–H groups in total. The van der Waals surface area contributed by atoms with Crippen molar-refractivity contribution in [3.05, 3.63) is 0 Å². The van der Waals surface area contributed by atoms with Crippen molar-refractivity contribution in [2.45, 2.75) is 31.4 Å². The van der Waals surface area contributed by atoms with E-state index >= 15 is 0 Å². The minimum absolute atomic E-state index is 0.0996. The molecular formula is C12H22N2O3. The van der Waals surface area contributed by atoms with Crippen molar-refractivity contribution in [1.82, 2.24) is 10.2 Å². The molecule has 0 saturated carbocycles. The first-order chi connectivity index (χ1) is 8.24. The molecule has 2 heterocycles. The van der Waals surface area contributed by atoms with Crippen LogP contribution in [0.2, 0.25) is 0 Å². The maximum Gasteiger partial charge on any atom is 0.239 e. The molecule has 5 nitrogen and oxygen atoms in total. The molecule has 0 radical (unpaired) electrons. The summed E-state index contributed by atoms with van der Waals surface area (Å²) in [6.07, 6.45) is 2.94. The lowest BCUT2D eigenvalue weighted by molar-refractivity contribution is -0.135. The van der Waals surface area contributed by atoms with Crippen LogP contribution < -0.4 is 5.32 Å². The molecule has 2 saturated heterocycles. The van der Waals surface area contributed by atoms with Crippen molar-refractivity contribution < 1.29 is 14.6 Å². The molecule has 1 amide bonds. The van der Waals surface area contributed by atoms with Gasteiger partial charge in [-0.1, -0.05) is 0 Å². The summed E-state index contributed by atoms with van der Waals surface area (Å²) in [5, 5.41) is 12.4. The fraction of sp³-hybridized carbons (Fsp3) is 0.917. The van der Waals surface area contributed by atoms with Crippen molar-refractivity contribution in [2.24, 2.45) is 5.92 Å². The highest BCUT2D eigenvalue weighted by Crippen LogP contribution is 2.19. The lowest BCUT2D eigenvalue weighted by Gasteiger charge is -2.33. The van der Waals surface area contributed by atoms with Gasteiger partial charge in [0.25, 0.3) is 0 Å². The molecule has 0 aromatic heterocycles. The summed E-state index contributed by atoms with van der Waals surface area (Å²) in [6, 6.07) is -0.0996. The first kappa shape index (κ1) is 12.8. The number of methoxy groups -OCH3 is 1. The van der Waals surface area contributed by atoms with Gasteiger partial charge < -0.3 is 20.1 Å². The minimum atomic E-state index is -0.0996. The molecule has 0 aromatic carbocycles. The Morgan fingerprint density at radius 3 is 3.06 bits per heavy atom. The predicted molar refractivity (Wildman–Crippen MR) is 63.6 cm³/mol. The highest BCUT2D eigenvalue weighted by atomic mass is 16.5. The largest absolute Gasteiger partial charge is 0.396 e. The van der Waals surface area contributed by atoms with Crippen LogP contribution in [0, 0.1) is 5.92 Å². The fourth-order valence-corrected chi connectivity index (χ4v) is 2.71. The Kier molecular flexibility index (Phi) is 4.36. The van der Waals surface area contributed by atoms with E-state index in [1.807, 2.05) is 4.90 Å². The molecule has 3 atom stereocenters. The number of carbonyl (C=O) groups excluding carboxylic acids is 1. The van der Waals surface area contributed by atoms with Gasteiger partial charge >= 0.3 is 0 Å². The van der Waals surface area contributed by atoms with E-state index in [2.05, 4.69) is 5.32 Å². The van der Waals surface area contributed by atoms with E-state index < -0.39 is 0 Å². The number of ether oxygens (including phenoxy) is 1. The summed E-state index contributed by atoms with van der Waals surface area (Å²) < 4.78 is 5.25. The average Bonchev–Trinajstić information content (AvgIpc) is 2.86. The molecule has 0 spiro atoms. The molecule has 5 heteroatoms. The van der Waals surface area contributed by atoms with Gasteiger partial charge in [-0.25, -0.2) is 0 Å². The number of aliphatic hydroxyl groups excluding tert-OH is 1. The van der Waals surface area contributed by atoms with Crippen LogP contribution in [0.25, 0.3) is 0 Å². The number of carbonyl (C=O) groups is 1. The molecule has 2 fully saturated rings. The van der Waals surface area contributed by atoms with E-state index in [1.54, 1.807) is 7.11 Å². The second-order valence-electron chi connectivity index (χ2n) is 5.03. The first-order valence-electron chi connectivity index (χ1n) is 6.40. The van der Waals surface area contributed by atoms with Gasteiger partial charge in [0.05, 0.1) is 12.1 Å². The van der Waals surface area contributed by atoms with Crippen LogP contribution in [-0.4, -0.2) is 61.4 Å². The Hall–Kier alpha value is -0.650. The smallest absolute Gasteiger partial charge is 0.239 e. The van der Waals surface area contributed by atoms with Gasteiger partial charge in [0.1, 0.15) is 0 Å². The van der Waals surface area contributed by atoms with Crippen LogP contribution in [0.5, 0.6) is 0 Å². The SMILES string of the molecule is COC1CNC(C(=O)N2CCCC(CO)C2)C1. The van der Waals surface area contributed by atoms with Crippen LogP contribution in [0.3, 0.4) is 0 Å². The van der Waals surface area contributed by atoms with Crippen molar-refractivity contribution in [2.75, 3.05) is 33.4 Å². The lowest BCUT2D eigenvalue weighted by atomic mass is 9.98. The Labute approximate surface area is 102 Å². The number of hydrogen-bond donors (Lipinski definition) is 2. The Morgan fingerprint density at radius 2 is 2.41 bits per heavy atom. The quantitative estimate of drug-likeness (QED) is 0.706. The maximum absolute atomic E-state index is 12.2. The van der Waals surface area contributed by atoms with Crippen LogP contribution in [0.15, 0.2) is 0 Å². The molecule has 0 aliphatic carbocycles. The second kappa shape index (κ2) is 5.80. The number of piperidine rings is 1. The standard InChI is InChI=1S/C12H22N2O3/c1-17-10-5-11(13-6-10)12(16)14-4-2-3-9(7-14)8-15/h9-11,13,15H,2-8H2,1H3. The van der Waals surface area contributed by atoms with Gasteiger partial charge in [0, 0.05) is 33.4 Å². The monoisotopic (exact) mass is 242 g/mol. The van der Waals surface area contributed by atoms with E-state index in [0.29, 0.717) is 6.54 Å². The van der Waals surface area contributed by atoms with Crippen LogP contribution in [0.4, 0.5) is 0 Å². The second-order valence-corrected chi connectivity index (χ2v) is 5.03. The van der Waals surface area contributed by atoms with Gasteiger partial charge in [0.2, 0.25) is 5.91 Å². The zero-order chi connectivity index (χ0) is 12.3. The summed E-state index contributed by atoms with van der Waals surface area (Å²) >= 11 is 0. The summed E-state index contributed by atoms with van der Waals surface area (Å²) in [4.78, 5) is 14.1. The predicted octanol–water partition coefficient (Wildman–Crippen LogP) is -0.406. The number of hydrogen-bond acceptors (Lipinski definition) is 4. The highest BCUT2D eigenvalue weighted by molar-refractivity contribution is 5.82. The van der Waals surface area contributed by atoms with Crippen molar-refractivity contribution in [3.8, 4) is 0 Å². The molecule has 17 heavy (non-hydrogen) atoms. The zero-order valence-electron chi connectivity index (χ0n) is 10.4. The normalized spacial score (nSPS) is 34.0. The van der Waals surface area contributed by atoms with Gasteiger partial charge in [0.15, 0.2) is 0 Å². The Morgan fingerprint density at radius 1 is 1.59 bits per heavy atom. The number of nitrogens with one attached hydrogen (secondary N) is 1. The number of likely N-dealkylation sites (tertiary alicyclic amines) is 1. The highest BCUT2D eigenvalue weighted by Gasteiger charge is 2.33. The Balaban J connectivity index is 1.87. The van der Waals surface area contributed by atoms with E-state index in [4.69, 9.17) is 9.84 Å². The maximum atomic E-state index is 12.2. The molecule has 0 bridgehead atoms. The third kappa shape index (κ3) is 2.97. The van der Waals surface area contributed by atoms with E-state index in [1.165, 1.54) is 0 Å². The number of rotatable bonds is 3. The summed E-state index contributed by atoms with van der Waals surface area (Å²) in [5.74, 6) is 0.426. The van der Waals surface area contributed by atoms with Crippen molar-refractivity contribution in [3.63, 3.8) is 0 Å². The molecule has 3 unspecified atom stereocenters. The molecule has 2 aliphatic rings. The van der Waals surface area contributed by atoms with Crippen LogP contribution in [-0.2, 0) is 9.53 Å². The average molecular weight is 242 g/mol. The van der Waals surface area contributed by atoms with Crippen molar-refractivity contribution in [1.29, 1.82) is 0 Å². The molecular weight excluding hydrogens is 220 g/mol. The van der Waals surface area contributed by atoms with Gasteiger partial charge in [-0.2, -0.15) is 0 Å². The first-order valence-corrected chi connectivity index (χ1v) is 6.40. The lowest BCUT2D eigenvalue weighted by Crippen LogP contribution is -2.48. The minimum Gasteiger partial charge on any atom is -0.396 e. The fourth-order valence-electron chi connectivity index (χ4n) is 2.71. The van der Waals surface area contributed by atoms with Gasteiger partial charge in [-0.05, 0) is 25.2 Å². The summed E-state index contributed by atoms with van der Waals surface area (Å²) in [6.45, 7) is 2.46. The third-order valence-corrected chi connectivity index (χ3v) is 3.81.